The van der Waals surface area contributed by atoms with Gasteiger partial charge in [-0.2, -0.15) is 10.4 Å². The second kappa shape index (κ2) is 7.52. The Morgan fingerprint density at radius 1 is 1.14 bits per heavy atom. The van der Waals surface area contributed by atoms with E-state index in [1.165, 1.54) is 17.7 Å². The summed E-state index contributed by atoms with van der Waals surface area (Å²) in [5.41, 5.74) is 6.34. The van der Waals surface area contributed by atoms with Crippen LogP contribution in [-0.2, 0) is 12.8 Å². The smallest absolute Gasteiger partial charge is 0.144 e. The van der Waals surface area contributed by atoms with Gasteiger partial charge in [0.1, 0.15) is 11.4 Å². The highest BCUT2D eigenvalue weighted by Gasteiger charge is 2.31. The number of nitrogens with zero attached hydrogens (tertiary/aromatic N) is 3. The van der Waals surface area contributed by atoms with Crippen LogP contribution < -0.4 is 4.74 Å². The van der Waals surface area contributed by atoms with Gasteiger partial charge in [0.05, 0.1) is 30.1 Å². The molecule has 0 bridgehead atoms. The Labute approximate surface area is 166 Å². The van der Waals surface area contributed by atoms with Crippen molar-refractivity contribution < 1.29 is 4.74 Å². The monoisotopic (exact) mass is 371 g/mol. The molecule has 0 radical (unpaired) electrons. The predicted octanol–water partition coefficient (Wildman–Crippen LogP) is 5.18. The van der Waals surface area contributed by atoms with Gasteiger partial charge in [-0.1, -0.05) is 38.1 Å². The van der Waals surface area contributed by atoms with Crippen LogP contribution in [0.25, 0.3) is 16.9 Å². The average Bonchev–Trinajstić information content (AvgIpc) is 3.24. The number of benzene rings is 2. The Kier molecular flexibility index (Phi) is 4.92. The lowest BCUT2D eigenvalue weighted by atomic mass is 9.94. The first-order valence-corrected chi connectivity index (χ1v) is 9.85. The Hall–Kier alpha value is -3.06. The lowest BCUT2D eigenvalue weighted by molar-refractivity contribution is 0.410. The van der Waals surface area contributed by atoms with Crippen molar-refractivity contribution in [2.45, 2.75) is 33.1 Å². The van der Waals surface area contributed by atoms with Crippen molar-refractivity contribution in [1.29, 1.82) is 5.26 Å². The minimum absolute atomic E-state index is 0.655. The van der Waals surface area contributed by atoms with Crippen LogP contribution in [-0.4, -0.2) is 16.9 Å². The normalized spacial score (nSPS) is 15.5. The Morgan fingerprint density at radius 3 is 2.57 bits per heavy atom. The minimum atomic E-state index is 0.655. The minimum Gasteiger partial charge on any atom is -0.494 e. The van der Waals surface area contributed by atoms with Crippen molar-refractivity contribution in [1.82, 2.24) is 9.78 Å². The molecule has 1 heterocycles. The number of fused-ring (bicyclic) bond motifs is 1. The van der Waals surface area contributed by atoms with Crippen LogP contribution in [0.3, 0.4) is 0 Å². The van der Waals surface area contributed by atoms with Gasteiger partial charge < -0.3 is 4.74 Å². The number of nitriles is 1. The van der Waals surface area contributed by atoms with Gasteiger partial charge in [0.15, 0.2) is 0 Å². The van der Waals surface area contributed by atoms with E-state index in [2.05, 4.69) is 19.9 Å². The van der Waals surface area contributed by atoms with Gasteiger partial charge in [0.25, 0.3) is 0 Å². The van der Waals surface area contributed by atoms with Gasteiger partial charge in [-0.05, 0) is 55.4 Å². The van der Waals surface area contributed by atoms with Crippen LogP contribution in [0.15, 0.2) is 48.5 Å². The first kappa shape index (κ1) is 18.3. The van der Waals surface area contributed by atoms with Crippen molar-refractivity contribution in [2.24, 2.45) is 11.8 Å². The van der Waals surface area contributed by atoms with Crippen molar-refractivity contribution in [3.8, 4) is 28.8 Å². The molecule has 0 N–H and O–H groups in total. The molecule has 4 nitrogen and oxygen atoms in total. The second-order valence-electron chi connectivity index (χ2n) is 7.95. The fourth-order valence-electron chi connectivity index (χ4n) is 4.32. The highest BCUT2D eigenvalue weighted by atomic mass is 16.5. The van der Waals surface area contributed by atoms with E-state index in [0.29, 0.717) is 17.4 Å². The number of ether oxygens (including phenoxy) is 1. The van der Waals surface area contributed by atoms with Gasteiger partial charge in [0, 0.05) is 11.1 Å². The fraction of sp³-hybridized carbons (Fsp3) is 0.333. The topological polar surface area (TPSA) is 50.8 Å². The van der Waals surface area contributed by atoms with E-state index < -0.39 is 0 Å². The summed E-state index contributed by atoms with van der Waals surface area (Å²) in [5, 5.41) is 14.2. The van der Waals surface area contributed by atoms with E-state index in [1.807, 2.05) is 53.2 Å². The molecule has 0 saturated carbocycles. The van der Waals surface area contributed by atoms with E-state index >= 15 is 0 Å². The van der Waals surface area contributed by atoms with Crippen molar-refractivity contribution in [2.75, 3.05) is 7.11 Å². The van der Waals surface area contributed by atoms with Crippen LogP contribution in [0.1, 0.15) is 37.1 Å². The molecule has 2 aromatic carbocycles. The Balaban J connectivity index is 1.85. The van der Waals surface area contributed by atoms with Crippen LogP contribution in [0, 0.1) is 23.2 Å². The summed E-state index contributed by atoms with van der Waals surface area (Å²) in [6, 6.07) is 18.0. The third kappa shape index (κ3) is 3.29. The molecular formula is C24H25N3O. The summed E-state index contributed by atoms with van der Waals surface area (Å²) in [6.07, 6.45) is 3.30. The molecule has 4 rings (SSSR count). The summed E-state index contributed by atoms with van der Waals surface area (Å²) in [4.78, 5) is 0. The zero-order valence-electron chi connectivity index (χ0n) is 16.6. The lowest BCUT2D eigenvalue weighted by Crippen LogP contribution is -2.08. The van der Waals surface area contributed by atoms with Crippen LogP contribution >= 0.6 is 0 Å². The lowest BCUT2D eigenvalue weighted by Gasteiger charge is -2.16. The largest absolute Gasteiger partial charge is 0.494 e. The van der Waals surface area contributed by atoms with Gasteiger partial charge in [-0.15, -0.1) is 0 Å². The van der Waals surface area contributed by atoms with Crippen LogP contribution in [0.2, 0.25) is 0 Å². The van der Waals surface area contributed by atoms with Crippen LogP contribution in [0.4, 0.5) is 0 Å². The van der Waals surface area contributed by atoms with Crippen LogP contribution in [0.5, 0.6) is 5.75 Å². The van der Waals surface area contributed by atoms with Gasteiger partial charge in [-0.25, -0.2) is 4.68 Å². The molecule has 1 aromatic heterocycles. The summed E-state index contributed by atoms with van der Waals surface area (Å²) >= 11 is 0. The van der Waals surface area contributed by atoms with Gasteiger partial charge in [0.2, 0.25) is 0 Å². The molecule has 1 unspecified atom stereocenters. The molecule has 28 heavy (non-hydrogen) atoms. The Morgan fingerprint density at radius 2 is 1.89 bits per heavy atom. The summed E-state index contributed by atoms with van der Waals surface area (Å²) in [6.45, 7) is 4.57. The summed E-state index contributed by atoms with van der Waals surface area (Å²) in [7, 11) is 1.69. The quantitative estimate of drug-likeness (QED) is 0.621. The van der Waals surface area contributed by atoms with E-state index in [9.17, 15) is 0 Å². The number of rotatable bonds is 5. The van der Waals surface area contributed by atoms with E-state index in [0.717, 1.165) is 35.5 Å². The molecule has 0 amide bonds. The zero-order valence-corrected chi connectivity index (χ0v) is 16.6. The molecule has 1 atom stereocenters. The molecule has 1 aliphatic carbocycles. The highest BCUT2D eigenvalue weighted by molar-refractivity contribution is 5.69. The fourth-order valence-corrected chi connectivity index (χ4v) is 4.32. The number of methoxy groups -OCH3 is 1. The predicted molar refractivity (Wildman–Crippen MR) is 111 cm³/mol. The highest BCUT2D eigenvalue weighted by Crippen LogP contribution is 2.39. The number of hydrogen-bond donors (Lipinski definition) is 0. The molecule has 1 aliphatic rings. The molecule has 0 fully saturated rings. The first-order chi connectivity index (χ1) is 13.6. The summed E-state index contributed by atoms with van der Waals surface area (Å²) in [5.74, 6) is 2.15. The van der Waals surface area contributed by atoms with Gasteiger partial charge >= 0.3 is 0 Å². The molecule has 0 spiro atoms. The standard InChI is InChI=1S/C24H25N3O/c1-16(2)12-18-13-20-21(14-18)26-27(22-6-4-5-7-23(22)28-3)24(20)19-10-8-17(15-25)9-11-19/h4-11,16,18H,12-14H2,1-3H3. The Bertz CT molecular complexity index is 1020. The molecule has 3 aromatic rings. The molecule has 4 heteroatoms. The number of para-hydroxylation sites is 2. The molecular weight excluding hydrogens is 346 g/mol. The van der Waals surface area contributed by atoms with E-state index in [4.69, 9.17) is 15.1 Å². The second-order valence-corrected chi connectivity index (χ2v) is 7.95. The first-order valence-electron chi connectivity index (χ1n) is 9.85. The van der Waals surface area contributed by atoms with Crippen molar-refractivity contribution in [3.63, 3.8) is 0 Å². The molecule has 0 aliphatic heterocycles. The van der Waals surface area contributed by atoms with E-state index in [-0.39, 0.29) is 0 Å². The maximum absolute atomic E-state index is 9.15. The maximum atomic E-state index is 9.15. The number of aromatic nitrogens is 2. The third-order valence-corrected chi connectivity index (χ3v) is 5.45. The SMILES string of the molecule is COc1ccccc1-n1nc2c(c1-c1ccc(C#N)cc1)CC(CC(C)C)C2. The average molecular weight is 371 g/mol. The number of hydrogen-bond acceptors (Lipinski definition) is 3. The van der Waals surface area contributed by atoms with Crippen molar-refractivity contribution in [3.05, 3.63) is 65.4 Å². The van der Waals surface area contributed by atoms with Crippen molar-refractivity contribution >= 4 is 0 Å². The third-order valence-electron chi connectivity index (χ3n) is 5.45. The zero-order chi connectivity index (χ0) is 19.7. The van der Waals surface area contributed by atoms with Gasteiger partial charge in [-0.3, -0.25) is 0 Å². The summed E-state index contributed by atoms with van der Waals surface area (Å²) < 4.78 is 7.62. The molecule has 0 saturated heterocycles. The molecule has 142 valence electrons. The van der Waals surface area contributed by atoms with E-state index in [1.54, 1.807) is 7.11 Å². The maximum Gasteiger partial charge on any atom is 0.144 e.